The van der Waals surface area contributed by atoms with Crippen molar-refractivity contribution < 1.29 is 9.90 Å². The summed E-state index contributed by atoms with van der Waals surface area (Å²) in [6.45, 7) is 0.557. The molecule has 0 aliphatic carbocycles. The lowest BCUT2D eigenvalue weighted by Gasteiger charge is -2.04. The lowest BCUT2D eigenvalue weighted by atomic mass is 10.3. The van der Waals surface area contributed by atoms with Gasteiger partial charge in [0.2, 0.25) is 0 Å². The molecule has 64 valence electrons. The highest BCUT2D eigenvalue weighted by molar-refractivity contribution is 5.57. The Labute approximate surface area is 71.0 Å². The normalized spacial score (nSPS) is 9.33. The Morgan fingerprint density at radius 3 is 2.83 bits per heavy atom. The predicted octanol–water partition coefficient (Wildman–Crippen LogP) is 1.39. The average molecular weight is 165 g/mol. The van der Waals surface area contributed by atoms with Crippen molar-refractivity contribution in [3.05, 3.63) is 24.3 Å². The molecule has 1 rings (SSSR count). The minimum atomic E-state index is 0.211. The lowest BCUT2D eigenvalue weighted by molar-refractivity contribution is -0.107. The summed E-state index contributed by atoms with van der Waals surface area (Å²) in [5.74, 6) is 0.211. The molecule has 1 aromatic rings. The van der Waals surface area contributed by atoms with Crippen molar-refractivity contribution in [3.8, 4) is 5.75 Å². The molecule has 0 saturated carbocycles. The maximum Gasteiger partial charge on any atom is 0.138 e. The quantitative estimate of drug-likeness (QED) is 0.402. The van der Waals surface area contributed by atoms with Crippen LogP contribution in [0.3, 0.4) is 0 Å². The van der Waals surface area contributed by atoms with E-state index in [0.717, 1.165) is 6.29 Å². The van der Waals surface area contributed by atoms with Crippen LogP contribution < -0.4 is 5.32 Å². The van der Waals surface area contributed by atoms with Crippen LogP contribution in [0.1, 0.15) is 6.42 Å². The van der Waals surface area contributed by atoms with Crippen LogP contribution in [0, 0.1) is 0 Å². The highest BCUT2D eigenvalue weighted by Crippen LogP contribution is 2.20. The molecule has 0 unspecified atom stereocenters. The number of aldehydes is 1. The summed E-state index contributed by atoms with van der Waals surface area (Å²) in [4.78, 5) is 9.98. The minimum absolute atomic E-state index is 0.211. The molecule has 0 aliphatic rings. The first-order valence-corrected chi connectivity index (χ1v) is 3.80. The molecule has 0 aromatic heterocycles. The van der Waals surface area contributed by atoms with Crippen LogP contribution in [0.2, 0.25) is 0 Å². The van der Waals surface area contributed by atoms with E-state index in [1.165, 1.54) is 0 Å². The molecule has 0 aliphatic heterocycles. The molecule has 0 amide bonds. The van der Waals surface area contributed by atoms with Crippen LogP contribution in [-0.2, 0) is 4.79 Å². The van der Waals surface area contributed by atoms with Crippen molar-refractivity contribution in [1.29, 1.82) is 0 Å². The summed E-state index contributed by atoms with van der Waals surface area (Å²) in [6.07, 6.45) is 1.29. The summed E-state index contributed by atoms with van der Waals surface area (Å²) in [6, 6.07) is 6.94. The van der Waals surface area contributed by atoms with E-state index in [4.69, 9.17) is 0 Å². The summed E-state index contributed by atoms with van der Waals surface area (Å²) in [5, 5.41) is 12.2. The largest absolute Gasteiger partial charge is 0.506 e. The highest BCUT2D eigenvalue weighted by atomic mass is 16.3. The molecule has 0 atom stereocenters. The summed E-state index contributed by atoms with van der Waals surface area (Å²) in [7, 11) is 0. The first kappa shape index (κ1) is 8.59. The van der Waals surface area contributed by atoms with Gasteiger partial charge in [0.1, 0.15) is 12.0 Å². The van der Waals surface area contributed by atoms with Crippen molar-refractivity contribution in [3.63, 3.8) is 0 Å². The Morgan fingerprint density at radius 2 is 2.17 bits per heavy atom. The average Bonchev–Trinajstić information content (AvgIpc) is 2.09. The first-order valence-electron chi connectivity index (χ1n) is 3.80. The van der Waals surface area contributed by atoms with Gasteiger partial charge in [0.25, 0.3) is 0 Å². The van der Waals surface area contributed by atoms with Crippen LogP contribution in [0.5, 0.6) is 5.75 Å². The molecule has 0 saturated heterocycles. The van der Waals surface area contributed by atoms with Gasteiger partial charge in [0, 0.05) is 13.0 Å². The third-order valence-corrected chi connectivity index (χ3v) is 1.48. The van der Waals surface area contributed by atoms with Gasteiger partial charge in [-0.25, -0.2) is 0 Å². The van der Waals surface area contributed by atoms with Gasteiger partial charge in [-0.1, -0.05) is 12.1 Å². The molecule has 2 N–H and O–H groups in total. The van der Waals surface area contributed by atoms with Crippen molar-refractivity contribution in [2.24, 2.45) is 0 Å². The fourth-order valence-corrected chi connectivity index (χ4v) is 0.889. The van der Waals surface area contributed by atoms with Gasteiger partial charge in [-0.15, -0.1) is 0 Å². The highest BCUT2D eigenvalue weighted by Gasteiger charge is 1.95. The first-order chi connectivity index (χ1) is 5.84. The maximum absolute atomic E-state index is 9.98. The number of phenols is 1. The lowest BCUT2D eigenvalue weighted by Crippen LogP contribution is -2.01. The molecule has 3 nitrogen and oxygen atoms in total. The molecule has 0 bridgehead atoms. The Kier molecular flexibility index (Phi) is 3.14. The molecular weight excluding hydrogens is 154 g/mol. The summed E-state index contributed by atoms with van der Waals surface area (Å²) >= 11 is 0. The van der Waals surface area contributed by atoms with Crippen molar-refractivity contribution in [1.82, 2.24) is 0 Å². The van der Waals surface area contributed by atoms with Crippen LogP contribution in [0.15, 0.2) is 24.3 Å². The number of benzene rings is 1. The minimum Gasteiger partial charge on any atom is -0.506 e. The Morgan fingerprint density at radius 1 is 1.42 bits per heavy atom. The molecular formula is C9H11NO2. The molecule has 1 aromatic carbocycles. The van der Waals surface area contributed by atoms with Crippen LogP contribution in [0.25, 0.3) is 0 Å². The van der Waals surface area contributed by atoms with Crippen molar-refractivity contribution in [2.45, 2.75) is 6.42 Å². The molecule has 12 heavy (non-hydrogen) atoms. The third-order valence-electron chi connectivity index (χ3n) is 1.48. The van der Waals surface area contributed by atoms with E-state index < -0.39 is 0 Å². The Bertz CT molecular complexity index is 260. The topological polar surface area (TPSA) is 49.3 Å². The van der Waals surface area contributed by atoms with Gasteiger partial charge in [0.15, 0.2) is 0 Å². The zero-order valence-corrected chi connectivity index (χ0v) is 6.66. The number of aromatic hydroxyl groups is 1. The van der Waals surface area contributed by atoms with E-state index in [1.54, 1.807) is 18.2 Å². The number of nitrogens with one attached hydrogen (secondary N) is 1. The molecule has 0 spiro atoms. The third kappa shape index (κ3) is 2.27. The molecule has 3 heteroatoms. The number of rotatable bonds is 4. The second-order valence-corrected chi connectivity index (χ2v) is 2.40. The smallest absolute Gasteiger partial charge is 0.138 e. The number of anilines is 1. The van der Waals surface area contributed by atoms with E-state index in [2.05, 4.69) is 5.32 Å². The van der Waals surface area contributed by atoms with Gasteiger partial charge in [0.05, 0.1) is 5.69 Å². The fourth-order valence-electron chi connectivity index (χ4n) is 0.889. The van der Waals surface area contributed by atoms with Crippen molar-refractivity contribution >= 4 is 12.0 Å². The number of hydrogen-bond donors (Lipinski definition) is 2. The SMILES string of the molecule is O=CCCNc1ccccc1O. The van der Waals surface area contributed by atoms with Gasteiger partial charge in [-0.05, 0) is 12.1 Å². The number of phenolic OH excluding ortho intramolecular Hbond substituents is 1. The molecule has 0 heterocycles. The monoisotopic (exact) mass is 165 g/mol. The zero-order chi connectivity index (χ0) is 8.81. The zero-order valence-electron chi connectivity index (χ0n) is 6.66. The number of carbonyl (C=O) groups excluding carboxylic acids is 1. The van der Waals surface area contributed by atoms with Crippen LogP contribution >= 0.6 is 0 Å². The molecule has 0 radical (unpaired) electrons. The predicted molar refractivity (Wildman–Crippen MR) is 47.3 cm³/mol. The second kappa shape index (κ2) is 4.38. The maximum atomic E-state index is 9.98. The second-order valence-electron chi connectivity index (χ2n) is 2.40. The van der Waals surface area contributed by atoms with E-state index in [9.17, 15) is 9.90 Å². The Balaban J connectivity index is 2.51. The Hall–Kier alpha value is -1.51. The van der Waals surface area contributed by atoms with Gasteiger partial charge >= 0.3 is 0 Å². The molecule has 0 fully saturated rings. The summed E-state index contributed by atoms with van der Waals surface area (Å²) < 4.78 is 0. The summed E-state index contributed by atoms with van der Waals surface area (Å²) in [5.41, 5.74) is 0.666. The van der Waals surface area contributed by atoms with Crippen molar-refractivity contribution in [2.75, 3.05) is 11.9 Å². The van der Waals surface area contributed by atoms with E-state index in [-0.39, 0.29) is 5.75 Å². The van der Waals surface area contributed by atoms with Gasteiger partial charge < -0.3 is 15.2 Å². The number of hydrogen-bond acceptors (Lipinski definition) is 3. The van der Waals surface area contributed by atoms with Crippen LogP contribution in [-0.4, -0.2) is 17.9 Å². The standard InChI is InChI=1S/C9H11NO2/c11-7-3-6-10-8-4-1-2-5-9(8)12/h1-2,4-5,7,10,12H,3,6H2. The number of para-hydroxylation sites is 2. The van der Waals surface area contributed by atoms with E-state index in [1.807, 2.05) is 6.07 Å². The van der Waals surface area contributed by atoms with E-state index >= 15 is 0 Å². The van der Waals surface area contributed by atoms with Crippen LogP contribution in [0.4, 0.5) is 5.69 Å². The number of carbonyl (C=O) groups is 1. The van der Waals surface area contributed by atoms with Gasteiger partial charge in [-0.3, -0.25) is 0 Å². The van der Waals surface area contributed by atoms with E-state index in [0.29, 0.717) is 18.7 Å². The fraction of sp³-hybridized carbons (Fsp3) is 0.222. The van der Waals surface area contributed by atoms with Gasteiger partial charge in [-0.2, -0.15) is 0 Å².